The van der Waals surface area contributed by atoms with Crippen molar-refractivity contribution in [2.75, 3.05) is 18.0 Å². The molecule has 0 amide bonds. The Morgan fingerprint density at radius 2 is 2.00 bits per heavy atom. The van der Waals surface area contributed by atoms with Crippen molar-refractivity contribution in [3.05, 3.63) is 35.2 Å². The topological polar surface area (TPSA) is 55.1 Å². The molecule has 0 bridgehead atoms. The number of piperidine rings is 1. The van der Waals surface area contributed by atoms with E-state index in [1.165, 1.54) is 0 Å². The van der Waals surface area contributed by atoms with E-state index >= 15 is 0 Å². The van der Waals surface area contributed by atoms with Gasteiger partial charge in [0.05, 0.1) is 0 Å². The molecule has 6 heteroatoms. The number of fused-ring (bicyclic) bond motifs is 1. The van der Waals surface area contributed by atoms with Crippen LogP contribution in [0.3, 0.4) is 0 Å². The average Bonchev–Trinajstić information content (AvgIpc) is 3.13. The number of hydrogen-bond donors (Lipinski definition) is 0. The Morgan fingerprint density at radius 1 is 1.19 bits per heavy atom. The molecule has 0 radical (unpaired) electrons. The molecular formula is C15H16N4OS. The third-order valence-electron chi connectivity index (χ3n) is 3.94. The Kier molecular flexibility index (Phi) is 3.11. The molecule has 0 spiro atoms. The quantitative estimate of drug-likeness (QED) is 0.726. The molecule has 5 nitrogen and oxygen atoms in total. The van der Waals surface area contributed by atoms with E-state index in [9.17, 15) is 0 Å². The minimum Gasteiger partial charge on any atom is -0.440 e. The highest BCUT2D eigenvalue weighted by atomic mass is 32.1. The number of anilines is 1. The van der Waals surface area contributed by atoms with Gasteiger partial charge in [0.2, 0.25) is 5.13 Å². The Labute approximate surface area is 126 Å². The Morgan fingerprint density at radius 3 is 2.71 bits per heavy atom. The minimum atomic E-state index is 0.405. The van der Waals surface area contributed by atoms with Gasteiger partial charge in [-0.05, 0) is 31.9 Å². The molecule has 2 aromatic heterocycles. The van der Waals surface area contributed by atoms with Crippen LogP contribution in [0, 0.1) is 6.92 Å². The third kappa shape index (κ3) is 2.40. The maximum atomic E-state index is 5.90. The molecule has 21 heavy (non-hydrogen) atoms. The highest BCUT2D eigenvalue weighted by Gasteiger charge is 2.26. The zero-order valence-corrected chi connectivity index (χ0v) is 12.6. The summed E-state index contributed by atoms with van der Waals surface area (Å²) >= 11 is 1.66. The molecule has 3 aromatic rings. The fourth-order valence-corrected chi connectivity index (χ4v) is 3.54. The lowest BCUT2D eigenvalue weighted by Gasteiger charge is -2.29. The van der Waals surface area contributed by atoms with Gasteiger partial charge in [0, 0.05) is 19.0 Å². The summed E-state index contributed by atoms with van der Waals surface area (Å²) in [5.41, 5.74) is 1.84. The van der Waals surface area contributed by atoms with Crippen LogP contribution in [-0.4, -0.2) is 28.3 Å². The molecule has 0 unspecified atom stereocenters. The average molecular weight is 300 g/mol. The first-order chi connectivity index (χ1) is 10.3. The number of benzene rings is 1. The van der Waals surface area contributed by atoms with E-state index in [1.807, 2.05) is 31.2 Å². The van der Waals surface area contributed by atoms with Crippen molar-refractivity contribution in [3.8, 4) is 0 Å². The Hall–Kier alpha value is -1.95. The summed E-state index contributed by atoms with van der Waals surface area (Å²) in [6.45, 7) is 3.96. The lowest BCUT2D eigenvalue weighted by atomic mass is 9.97. The molecule has 4 rings (SSSR count). The highest BCUT2D eigenvalue weighted by Crippen LogP contribution is 2.32. The third-order valence-corrected chi connectivity index (χ3v) is 4.84. The van der Waals surface area contributed by atoms with E-state index in [0.29, 0.717) is 5.92 Å². The molecular weight excluding hydrogens is 284 g/mol. The zero-order valence-electron chi connectivity index (χ0n) is 11.8. The highest BCUT2D eigenvalue weighted by molar-refractivity contribution is 7.15. The standard InChI is InChI=1S/C15H16N4OS/c1-10-17-18-15(21-10)19-8-6-11(7-9-19)14-16-12-4-2-3-5-13(12)20-14/h2-5,11H,6-9H2,1H3. The summed E-state index contributed by atoms with van der Waals surface area (Å²) in [5, 5.41) is 10.4. The van der Waals surface area contributed by atoms with Crippen LogP contribution in [0.4, 0.5) is 5.13 Å². The first-order valence-electron chi connectivity index (χ1n) is 7.20. The predicted molar refractivity (Wildman–Crippen MR) is 82.8 cm³/mol. The van der Waals surface area contributed by atoms with Crippen molar-refractivity contribution >= 4 is 27.6 Å². The molecule has 0 atom stereocenters. The normalized spacial score (nSPS) is 16.7. The van der Waals surface area contributed by atoms with E-state index in [4.69, 9.17) is 4.42 Å². The number of para-hydroxylation sites is 2. The molecule has 1 fully saturated rings. The SMILES string of the molecule is Cc1nnc(N2CCC(c3nc4ccccc4o3)CC2)s1. The van der Waals surface area contributed by atoms with Crippen LogP contribution in [0.2, 0.25) is 0 Å². The van der Waals surface area contributed by atoms with Gasteiger partial charge >= 0.3 is 0 Å². The largest absolute Gasteiger partial charge is 0.440 e. The summed E-state index contributed by atoms with van der Waals surface area (Å²) in [6, 6.07) is 7.96. The summed E-state index contributed by atoms with van der Waals surface area (Å²) < 4.78 is 5.90. The van der Waals surface area contributed by atoms with Gasteiger partial charge in [-0.3, -0.25) is 0 Å². The summed E-state index contributed by atoms with van der Waals surface area (Å²) in [4.78, 5) is 6.94. The van der Waals surface area contributed by atoms with Crippen LogP contribution < -0.4 is 4.90 Å². The second kappa shape index (κ2) is 5.11. The van der Waals surface area contributed by atoms with E-state index in [-0.39, 0.29) is 0 Å². The summed E-state index contributed by atoms with van der Waals surface area (Å²) in [7, 11) is 0. The van der Waals surface area contributed by atoms with Crippen LogP contribution in [0.5, 0.6) is 0 Å². The van der Waals surface area contributed by atoms with Crippen LogP contribution in [0.1, 0.15) is 29.7 Å². The van der Waals surface area contributed by atoms with E-state index in [1.54, 1.807) is 11.3 Å². The second-order valence-corrected chi connectivity index (χ2v) is 6.54. The van der Waals surface area contributed by atoms with Gasteiger partial charge in [-0.15, -0.1) is 10.2 Å². The smallest absolute Gasteiger partial charge is 0.208 e. The van der Waals surface area contributed by atoms with Crippen LogP contribution in [-0.2, 0) is 0 Å². The first kappa shape index (κ1) is 12.8. The molecule has 1 aromatic carbocycles. The fourth-order valence-electron chi connectivity index (χ4n) is 2.80. The molecule has 0 saturated carbocycles. The number of aryl methyl sites for hydroxylation is 1. The number of nitrogens with zero attached hydrogens (tertiary/aromatic N) is 4. The zero-order chi connectivity index (χ0) is 14.2. The van der Waals surface area contributed by atoms with Gasteiger partial charge < -0.3 is 9.32 Å². The number of aromatic nitrogens is 3. The van der Waals surface area contributed by atoms with Gasteiger partial charge in [0.1, 0.15) is 10.5 Å². The molecule has 1 saturated heterocycles. The van der Waals surface area contributed by atoms with Crippen LogP contribution in [0.25, 0.3) is 11.1 Å². The van der Waals surface area contributed by atoms with Gasteiger partial charge in [-0.1, -0.05) is 23.5 Å². The van der Waals surface area contributed by atoms with Gasteiger partial charge in [0.15, 0.2) is 11.5 Å². The van der Waals surface area contributed by atoms with Crippen LogP contribution >= 0.6 is 11.3 Å². The van der Waals surface area contributed by atoms with E-state index < -0.39 is 0 Å². The van der Waals surface area contributed by atoms with Crippen molar-refractivity contribution in [1.29, 1.82) is 0 Å². The van der Waals surface area contributed by atoms with E-state index in [0.717, 1.165) is 53.1 Å². The van der Waals surface area contributed by atoms with Crippen molar-refractivity contribution in [2.24, 2.45) is 0 Å². The fraction of sp³-hybridized carbons (Fsp3) is 0.400. The predicted octanol–water partition coefficient (Wildman–Crippen LogP) is 3.37. The molecule has 108 valence electrons. The lowest BCUT2D eigenvalue weighted by Crippen LogP contribution is -2.32. The second-order valence-electron chi connectivity index (χ2n) is 5.38. The number of hydrogen-bond acceptors (Lipinski definition) is 6. The molecule has 0 aliphatic carbocycles. The Bertz CT molecular complexity index is 725. The van der Waals surface area contributed by atoms with Crippen molar-refractivity contribution < 1.29 is 4.42 Å². The molecule has 1 aliphatic heterocycles. The van der Waals surface area contributed by atoms with Gasteiger partial charge in [-0.2, -0.15) is 0 Å². The Balaban J connectivity index is 1.49. The number of oxazole rings is 1. The van der Waals surface area contributed by atoms with Crippen molar-refractivity contribution in [3.63, 3.8) is 0 Å². The van der Waals surface area contributed by atoms with Gasteiger partial charge in [0.25, 0.3) is 0 Å². The van der Waals surface area contributed by atoms with Crippen molar-refractivity contribution in [1.82, 2.24) is 15.2 Å². The molecule has 0 N–H and O–H groups in total. The number of rotatable bonds is 2. The van der Waals surface area contributed by atoms with Crippen LogP contribution in [0.15, 0.2) is 28.7 Å². The van der Waals surface area contributed by atoms with E-state index in [2.05, 4.69) is 20.1 Å². The first-order valence-corrected chi connectivity index (χ1v) is 8.02. The summed E-state index contributed by atoms with van der Waals surface area (Å²) in [5.74, 6) is 1.28. The van der Waals surface area contributed by atoms with Gasteiger partial charge in [-0.25, -0.2) is 4.98 Å². The minimum absolute atomic E-state index is 0.405. The van der Waals surface area contributed by atoms with Crippen molar-refractivity contribution in [2.45, 2.75) is 25.7 Å². The monoisotopic (exact) mass is 300 g/mol. The maximum absolute atomic E-state index is 5.90. The maximum Gasteiger partial charge on any atom is 0.208 e. The lowest BCUT2D eigenvalue weighted by molar-refractivity contribution is 0.407. The summed E-state index contributed by atoms with van der Waals surface area (Å²) in [6.07, 6.45) is 2.09. The molecule has 1 aliphatic rings. The molecule has 3 heterocycles.